The molecule has 0 saturated heterocycles. The fourth-order valence-corrected chi connectivity index (χ4v) is 3.29. The van der Waals surface area contributed by atoms with Crippen LogP contribution in [0.5, 0.6) is 0 Å². The molecule has 3 nitrogen and oxygen atoms in total. The summed E-state index contributed by atoms with van der Waals surface area (Å²) < 4.78 is 3.67. The zero-order chi connectivity index (χ0) is 14.7. The zero-order valence-electron chi connectivity index (χ0n) is 11.0. The lowest BCUT2D eigenvalue weighted by Gasteiger charge is -2.06. The van der Waals surface area contributed by atoms with E-state index >= 15 is 0 Å². The molecule has 3 rings (SSSR count). The van der Waals surface area contributed by atoms with E-state index in [0.717, 1.165) is 21.7 Å². The van der Waals surface area contributed by atoms with Crippen molar-refractivity contribution in [2.24, 2.45) is 0 Å². The lowest BCUT2D eigenvalue weighted by atomic mass is 10.3. The molecule has 0 fully saturated rings. The van der Waals surface area contributed by atoms with Gasteiger partial charge in [0.1, 0.15) is 5.82 Å². The van der Waals surface area contributed by atoms with Gasteiger partial charge in [-0.15, -0.1) is 11.8 Å². The van der Waals surface area contributed by atoms with Crippen LogP contribution in [0.2, 0.25) is 0 Å². The molecular formula is C15H12BrN3S2. The maximum Gasteiger partial charge on any atom is 0.199 e. The number of benzene rings is 2. The summed E-state index contributed by atoms with van der Waals surface area (Å²) in [4.78, 5) is 1.20. The number of H-pyrrole nitrogens is 1. The molecule has 1 aromatic heterocycles. The first-order valence-corrected chi connectivity index (χ1v) is 8.53. The van der Waals surface area contributed by atoms with E-state index in [1.54, 1.807) is 11.8 Å². The van der Waals surface area contributed by atoms with Gasteiger partial charge in [0.2, 0.25) is 0 Å². The van der Waals surface area contributed by atoms with Gasteiger partial charge >= 0.3 is 0 Å². The van der Waals surface area contributed by atoms with Crippen LogP contribution in [-0.4, -0.2) is 14.8 Å². The second kappa shape index (κ2) is 6.60. The molecule has 21 heavy (non-hydrogen) atoms. The molecule has 0 atom stereocenters. The smallest absolute Gasteiger partial charge is 0.199 e. The Bertz CT molecular complexity index is 779. The topological polar surface area (TPSA) is 33.6 Å². The van der Waals surface area contributed by atoms with Crippen molar-refractivity contribution < 1.29 is 0 Å². The molecule has 0 saturated carbocycles. The van der Waals surface area contributed by atoms with Crippen LogP contribution in [0.1, 0.15) is 5.82 Å². The monoisotopic (exact) mass is 377 g/mol. The van der Waals surface area contributed by atoms with Crippen molar-refractivity contribution in [1.82, 2.24) is 14.8 Å². The minimum Gasteiger partial charge on any atom is -0.271 e. The third kappa shape index (κ3) is 3.45. The molecule has 0 aliphatic rings. The third-order valence-corrected chi connectivity index (χ3v) is 4.75. The van der Waals surface area contributed by atoms with E-state index < -0.39 is 0 Å². The third-order valence-electron chi connectivity index (χ3n) is 2.94. The van der Waals surface area contributed by atoms with E-state index in [1.165, 1.54) is 4.90 Å². The van der Waals surface area contributed by atoms with E-state index in [-0.39, 0.29) is 0 Å². The van der Waals surface area contributed by atoms with Crippen LogP contribution in [0.25, 0.3) is 5.69 Å². The number of aromatic nitrogens is 3. The van der Waals surface area contributed by atoms with E-state index in [4.69, 9.17) is 12.2 Å². The van der Waals surface area contributed by atoms with Gasteiger partial charge in [0, 0.05) is 15.1 Å². The molecule has 0 spiro atoms. The molecule has 106 valence electrons. The summed E-state index contributed by atoms with van der Waals surface area (Å²) >= 11 is 10.5. The van der Waals surface area contributed by atoms with Crippen molar-refractivity contribution in [3.63, 3.8) is 0 Å². The fourth-order valence-electron chi connectivity index (χ4n) is 1.95. The second-order valence-electron chi connectivity index (χ2n) is 4.36. The Labute approximate surface area is 140 Å². The number of aromatic amines is 1. The lowest BCUT2D eigenvalue weighted by molar-refractivity contribution is 0.949. The maximum absolute atomic E-state index is 5.33. The molecule has 3 aromatic rings. The zero-order valence-corrected chi connectivity index (χ0v) is 14.2. The number of rotatable bonds is 4. The van der Waals surface area contributed by atoms with Crippen molar-refractivity contribution in [3.05, 3.63) is 69.7 Å². The summed E-state index contributed by atoms with van der Waals surface area (Å²) in [6.07, 6.45) is 0. The van der Waals surface area contributed by atoms with E-state index in [0.29, 0.717) is 4.77 Å². The average molecular weight is 378 g/mol. The number of para-hydroxylation sites is 1. The van der Waals surface area contributed by atoms with Gasteiger partial charge in [-0.1, -0.05) is 34.1 Å². The molecular weight excluding hydrogens is 366 g/mol. The quantitative estimate of drug-likeness (QED) is 0.513. The highest BCUT2D eigenvalue weighted by atomic mass is 79.9. The van der Waals surface area contributed by atoms with Crippen LogP contribution in [-0.2, 0) is 5.75 Å². The highest BCUT2D eigenvalue weighted by Gasteiger charge is 2.08. The molecule has 1 N–H and O–H groups in total. The molecule has 0 aliphatic carbocycles. The van der Waals surface area contributed by atoms with Crippen molar-refractivity contribution >= 4 is 39.9 Å². The number of hydrogen-bond donors (Lipinski definition) is 1. The molecule has 0 amide bonds. The van der Waals surface area contributed by atoms with Gasteiger partial charge in [-0.3, -0.25) is 9.67 Å². The molecule has 0 aliphatic heterocycles. The van der Waals surface area contributed by atoms with Gasteiger partial charge in [0.05, 0.1) is 5.75 Å². The lowest BCUT2D eigenvalue weighted by Crippen LogP contribution is -1.99. The van der Waals surface area contributed by atoms with E-state index in [1.807, 2.05) is 47.0 Å². The summed E-state index contributed by atoms with van der Waals surface area (Å²) in [5.41, 5.74) is 1.03. The van der Waals surface area contributed by atoms with Crippen LogP contribution in [0.15, 0.2) is 64.0 Å². The first-order valence-electron chi connectivity index (χ1n) is 6.34. The largest absolute Gasteiger partial charge is 0.271 e. The number of nitrogens with zero attached hydrogens (tertiary/aromatic N) is 2. The maximum atomic E-state index is 5.33. The number of nitrogens with one attached hydrogen (secondary N) is 1. The minimum absolute atomic E-state index is 0.618. The number of halogens is 1. The Morgan fingerprint density at radius 1 is 1.10 bits per heavy atom. The van der Waals surface area contributed by atoms with Gasteiger partial charge in [0.15, 0.2) is 4.77 Å². The standard InChI is InChI=1S/C15H12BrN3S2/c16-11-6-8-13(9-7-11)21-10-14-17-18-15(20)19(14)12-4-2-1-3-5-12/h1-9H,10H2,(H,18,20). The predicted molar refractivity (Wildman–Crippen MR) is 92.5 cm³/mol. The average Bonchev–Trinajstić information content (AvgIpc) is 2.88. The van der Waals surface area contributed by atoms with Gasteiger partial charge in [-0.05, 0) is 48.6 Å². The van der Waals surface area contributed by atoms with Crippen molar-refractivity contribution in [1.29, 1.82) is 0 Å². The normalized spacial score (nSPS) is 10.7. The van der Waals surface area contributed by atoms with Crippen LogP contribution >= 0.6 is 39.9 Å². The SMILES string of the molecule is S=c1[nH]nc(CSc2ccc(Br)cc2)n1-c1ccccc1. The Hall–Kier alpha value is -1.37. The summed E-state index contributed by atoms with van der Waals surface area (Å²) in [5, 5.41) is 7.22. The summed E-state index contributed by atoms with van der Waals surface area (Å²) in [6.45, 7) is 0. The van der Waals surface area contributed by atoms with Crippen LogP contribution < -0.4 is 0 Å². The first kappa shape index (κ1) is 14.6. The molecule has 0 radical (unpaired) electrons. The summed E-state index contributed by atoms with van der Waals surface area (Å²) in [5.74, 6) is 1.67. The van der Waals surface area contributed by atoms with Crippen LogP contribution in [0, 0.1) is 4.77 Å². The summed E-state index contributed by atoms with van der Waals surface area (Å²) in [6, 6.07) is 18.3. The second-order valence-corrected chi connectivity index (χ2v) is 6.71. The Kier molecular flexibility index (Phi) is 4.57. The fraction of sp³-hybridized carbons (Fsp3) is 0.0667. The molecule has 6 heteroatoms. The van der Waals surface area contributed by atoms with Gasteiger partial charge < -0.3 is 0 Å². The molecule has 0 unspecified atom stereocenters. The predicted octanol–water partition coefficient (Wildman–Crippen LogP) is 4.98. The van der Waals surface area contributed by atoms with E-state index in [9.17, 15) is 0 Å². The summed E-state index contributed by atoms with van der Waals surface area (Å²) in [7, 11) is 0. The Morgan fingerprint density at radius 2 is 1.81 bits per heavy atom. The van der Waals surface area contributed by atoms with Crippen LogP contribution in [0.3, 0.4) is 0 Å². The van der Waals surface area contributed by atoms with Gasteiger partial charge in [-0.25, -0.2) is 0 Å². The van der Waals surface area contributed by atoms with E-state index in [2.05, 4.69) is 38.3 Å². The Morgan fingerprint density at radius 3 is 2.52 bits per heavy atom. The minimum atomic E-state index is 0.618. The Balaban J connectivity index is 1.84. The van der Waals surface area contributed by atoms with Crippen molar-refractivity contribution in [2.45, 2.75) is 10.6 Å². The van der Waals surface area contributed by atoms with Crippen molar-refractivity contribution in [3.8, 4) is 5.69 Å². The molecule has 1 heterocycles. The van der Waals surface area contributed by atoms with Gasteiger partial charge in [0.25, 0.3) is 0 Å². The number of thioether (sulfide) groups is 1. The first-order chi connectivity index (χ1) is 10.2. The van der Waals surface area contributed by atoms with Gasteiger partial charge in [-0.2, -0.15) is 5.10 Å². The molecule has 0 bridgehead atoms. The number of hydrogen-bond acceptors (Lipinski definition) is 3. The van der Waals surface area contributed by atoms with Crippen LogP contribution in [0.4, 0.5) is 0 Å². The highest BCUT2D eigenvalue weighted by Crippen LogP contribution is 2.24. The molecule has 2 aromatic carbocycles. The highest BCUT2D eigenvalue weighted by molar-refractivity contribution is 9.10. The van der Waals surface area contributed by atoms with Crippen molar-refractivity contribution in [2.75, 3.05) is 0 Å².